The number of aromatic carboxylic acids is 1. The van der Waals surface area contributed by atoms with E-state index in [2.05, 4.69) is 30.7 Å². The Balaban J connectivity index is 2.16. The Hall–Kier alpha value is -1.29. The second kappa shape index (κ2) is 6.22. The lowest BCUT2D eigenvalue weighted by atomic mass is 9.77. The highest BCUT2D eigenvalue weighted by Gasteiger charge is 2.27. The van der Waals surface area contributed by atoms with Crippen molar-refractivity contribution in [3.63, 3.8) is 0 Å². The molecule has 2 rings (SSSR count). The number of hydrogen-bond acceptors (Lipinski definition) is 3. The van der Waals surface area contributed by atoms with Crippen molar-refractivity contribution in [2.75, 3.05) is 18.0 Å². The molecule has 21 heavy (non-hydrogen) atoms. The van der Waals surface area contributed by atoms with Crippen LogP contribution in [0.2, 0.25) is 5.02 Å². The average Bonchev–Trinajstić information content (AvgIpc) is 2.64. The van der Waals surface area contributed by atoms with E-state index in [4.69, 9.17) is 16.7 Å². The van der Waals surface area contributed by atoms with Crippen LogP contribution < -0.4 is 4.90 Å². The molecule has 2 heterocycles. The van der Waals surface area contributed by atoms with Gasteiger partial charge in [0.05, 0.1) is 5.02 Å². The van der Waals surface area contributed by atoms with E-state index >= 15 is 0 Å². The number of nitrogens with zero attached hydrogens (tertiary/aromatic N) is 2. The third kappa shape index (κ3) is 3.88. The molecule has 0 saturated carbocycles. The fourth-order valence-electron chi connectivity index (χ4n) is 2.95. The SMILES string of the molecule is CC(C)(C)C1CCCN(c2ccc(Cl)c(C(=O)O)n2)CC1. The highest BCUT2D eigenvalue weighted by Crippen LogP contribution is 2.35. The van der Waals surface area contributed by atoms with E-state index in [9.17, 15) is 4.79 Å². The van der Waals surface area contributed by atoms with Crippen molar-refractivity contribution in [3.05, 3.63) is 22.8 Å². The third-order valence-electron chi connectivity index (χ3n) is 4.31. The van der Waals surface area contributed by atoms with Gasteiger partial charge in [0.1, 0.15) is 5.82 Å². The van der Waals surface area contributed by atoms with E-state index in [1.165, 1.54) is 6.42 Å². The maximum Gasteiger partial charge on any atom is 0.356 e. The van der Waals surface area contributed by atoms with Gasteiger partial charge in [-0.25, -0.2) is 9.78 Å². The lowest BCUT2D eigenvalue weighted by Gasteiger charge is -2.30. The number of carboxylic acids is 1. The van der Waals surface area contributed by atoms with Gasteiger partial charge in [0.15, 0.2) is 5.69 Å². The van der Waals surface area contributed by atoms with Gasteiger partial charge in [-0.05, 0) is 42.7 Å². The Morgan fingerprint density at radius 2 is 2.05 bits per heavy atom. The van der Waals surface area contributed by atoms with Crippen LogP contribution in [-0.4, -0.2) is 29.1 Å². The maximum absolute atomic E-state index is 11.1. The molecule has 4 nitrogen and oxygen atoms in total. The Morgan fingerprint density at radius 3 is 2.67 bits per heavy atom. The van der Waals surface area contributed by atoms with Gasteiger partial charge in [-0.2, -0.15) is 0 Å². The summed E-state index contributed by atoms with van der Waals surface area (Å²) in [5.74, 6) is 0.323. The summed E-state index contributed by atoms with van der Waals surface area (Å²) in [6, 6.07) is 3.44. The molecule has 1 N–H and O–H groups in total. The number of hydrogen-bond donors (Lipinski definition) is 1. The molecule has 1 aromatic rings. The molecule has 1 fully saturated rings. The highest BCUT2D eigenvalue weighted by molar-refractivity contribution is 6.33. The summed E-state index contributed by atoms with van der Waals surface area (Å²) >= 11 is 5.88. The minimum Gasteiger partial charge on any atom is -0.476 e. The number of carboxylic acid groups (broad SMARTS) is 1. The molecular weight excluding hydrogens is 288 g/mol. The first-order chi connectivity index (χ1) is 9.79. The van der Waals surface area contributed by atoms with E-state index in [1.54, 1.807) is 6.07 Å². The number of carbonyl (C=O) groups is 1. The molecule has 1 aliphatic rings. The number of anilines is 1. The molecule has 1 aromatic heterocycles. The van der Waals surface area contributed by atoms with E-state index < -0.39 is 5.97 Å². The molecule has 0 spiro atoms. The molecule has 1 atom stereocenters. The van der Waals surface area contributed by atoms with Crippen LogP contribution in [0.1, 0.15) is 50.5 Å². The van der Waals surface area contributed by atoms with Crippen molar-refractivity contribution in [1.82, 2.24) is 4.98 Å². The van der Waals surface area contributed by atoms with Gasteiger partial charge in [0.25, 0.3) is 0 Å². The van der Waals surface area contributed by atoms with Gasteiger partial charge >= 0.3 is 5.97 Å². The molecule has 0 aromatic carbocycles. The van der Waals surface area contributed by atoms with Crippen LogP contribution in [0.15, 0.2) is 12.1 Å². The predicted octanol–water partition coefficient (Wildman–Crippen LogP) is 4.09. The summed E-state index contributed by atoms with van der Waals surface area (Å²) < 4.78 is 0. The van der Waals surface area contributed by atoms with Crippen molar-refractivity contribution >= 4 is 23.4 Å². The molecule has 1 unspecified atom stereocenters. The van der Waals surface area contributed by atoms with Crippen LogP contribution in [0.5, 0.6) is 0 Å². The van der Waals surface area contributed by atoms with E-state index in [0.717, 1.165) is 25.9 Å². The van der Waals surface area contributed by atoms with Gasteiger partial charge in [0, 0.05) is 13.1 Å². The molecule has 1 aliphatic heterocycles. The molecule has 0 amide bonds. The van der Waals surface area contributed by atoms with Crippen molar-refractivity contribution < 1.29 is 9.90 Å². The van der Waals surface area contributed by atoms with Crippen LogP contribution in [-0.2, 0) is 0 Å². The minimum atomic E-state index is -1.08. The van der Waals surface area contributed by atoms with Crippen LogP contribution in [0, 0.1) is 11.3 Å². The van der Waals surface area contributed by atoms with Crippen molar-refractivity contribution in [1.29, 1.82) is 0 Å². The smallest absolute Gasteiger partial charge is 0.356 e. The summed E-state index contributed by atoms with van der Waals surface area (Å²) in [6.07, 6.45) is 3.42. The largest absolute Gasteiger partial charge is 0.476 e. The van der Waals surface area contributed by atoms with E-state index in [-0.39, 0.29) is 10.7 Å². The van der Waals surface area contributed by atoms with Crippen molar-refractivity contribution in [3.8, 4) is 0 Å². The highest BCUT2D eigenvalue weighted by atomic mass is 35.5. The second-order valence-electron chi connectivity index (χ2n) is 6.79. The average molecular weight is 311 g/mol. The Morgan fingerprint density at radius 1 is 1.33 bits per heavy atom. The van der Waals surface area contributed by atoms with Gasteiger partial charge < -0.3 is 10.0 Å². The van der Waals surface area contributed by atoms with Gasteiger partial charge in [-0.15, -0.1) is 0 Å². The topological polar surface area (TPSA) is 53.4 Å². The summed E-state index contributed by atoms with van der Waals surface area (Å²) in [6.45, 7) is 8.69. The van der Waals surface area contributed by atoms with Crippen LogP contribution >= 0.6 is 11.6 Å². The lowest BCUT2D eigenvalue weighted by molar-refractivity contribution is 0.0691. The molecule has 1 saturated heterocycles. The van der Waals surface area contributed by atoms with Crippen molar-refractivity contribution in [2.45, 2.75) is 40.0 Å². The third-order valence-corrected chi connectivity index (χ3v) is 4.62. The maximum atomic E-state index is 11.1. The lowest BCUT2D eigenvalue weighted by Crippen LogP contribution is -2.27. The molecule has 5 heteroatoms. The normalized spacial score (nSPS) is 20.2. The van der Waals surface area contributed by atoms with Gasteiger partial charge in [-0.3, -0.25) is 0 Å². The first-order valence-electron chi connectivity index (χ1n) is 7.44. The molecule has 0 bridgehead atoms. The molecular formula is C16H23ClN2O2. The van der Waals surface area contributed by atoms with Crippen LogP contribution in [0.4, 0.5) is 5.82 Å². The zero-order valence-electron chi connectivity index (χ0n) is 12.9. The summed E-state index contributed by atoms with van der Waals surface area (Å²) in [4.78, 5) is 17.5. The monoisotopic (exact) mass is 310 g/mol. The van der Waals surface area contributed by atoms with Gasteiger partial charge in [0.2, 0.25) is 0 Å². The number of aromatic nitrogens is 1. The van der Waals surface area contributed by atoms with Gasteiger partial charge in [-0.1, -0.05) is 32.4 Å². The molecule has 0 aliphatic carbocycles. The summed E-state index contributed by atoms with van der Waals surface area (Å²) in [5.41, 5.74) is 0.251. The first-order valence-corrected chi connectivity index (χ1v) is 7.81. The standard InChI is InChI=1S/C16H23ClN2O2/c1-16(2,3)11-5-4-9-19(10-8-11)13-7-6-12(17)14(18-13)15(20)21/h6-7,11H,4-5,8-10H2,1-3H3,(H,20,21). The van der Waals surface area contributed by atoms with E-state index in [0.29, 0.717) is 17.2 Å². The Labute approximate surface area is 131 Å². The van der Waals surface area contributed by atoms with Crippen molar-refractivity contribution in [2.24, 2.45) is 11.3 Å². The quantitative estimate of drug-likeness (QED) is 0.894. The number of halogens is 1. The zero-order valence-corrected chi connectivity index (χ0v) is 13.7. The Kier molecular flexibility index (Phi) is 4.77. The fraction of sp³-hybridized carbons (Fsp3) is 0.625. The van der Waals surface area contributed by atoms with E-state index in [1.807, 2.05) is 6.07 Å². The summed E-state index contributed by atoms with van der Waals surface area (Å²) in [5, 5.41) is 9.32. The minimum absolute atomic E-state index is 0.0641. The Bertz CT molecular complexity index is 525. The number of pyridine rings is 1. The fourth-order valence-corrected chi connectivity index (χ4v) is 3.14. The molecule has 116 valence electrons. The van der Waals surface area contributed by atoms with Crippen LogP contribution in [0.3, 0.4) is 0 Å². The second-order valence-corrected chi connectivity index (χ2v) is 7.19. The summed E-state index contributed by atoms with van der Waals surface area (Å²) in [7, 11) is 0. The first kappa shape index (κ1) is 16.1. The molecule has 0 radical (unpaired) electrons. The zero-order chi connectivity index (χ0) is 15.6. The van der Waals surface area contributed by atoms with Crippen LogP contribution in [0.25, 0.3) is 0 Å². The number of rotatable bonds is 2. The predicted molar refractivity (Wildman–Crippen MR) is 85.2 cm³/mol.